The molecule has 0 aliphatic heterocycles. The highest BCUT2D eigenvalue weighted by atomic mass is 35.5. The van der Waals surface area contributed by atoms with Gasteiger partial charge in [-0.2, -0.15) is 0 Å². The molecule has 0 aromatic heterocycles. The largest absolute Gasteiger partial charge is 0.493 e. The van der Waals surface area contributed by atoms with E-state index < -0.39 is 0 Å². The Morgan fingerprint density at radius 3 is 2.78 bits per heavy atom. The van der Waals surface area contributed by atoms with Gasteiger partial charge in [-0.15, -0.1) is 0 Å². The summed E-state index contributed by atoms with van der Waals surface area (Å²) < 4.78 is 10.9. The lowest BCUT2D eigenvalue weighted by Crippen LogP contribution is -2.18. The number of carbonyl (C=O) groups excluding carboxylic acids is 1. The molecule has 0 heterocycles. The lowest BCUT2D eigenvalue weighted by molar-refractivity contribution is 0.0993. The maximum Gasteiger partial charge on any atom is 0.180 e. The standard InChI is InChI=1S/C13H16ClNO3/c1-15-7-11(16)8-5-10(14)13(12(6-8)17-2)18-9-3-4-9/h5-6,9,15H,3-4,7H2,1-2H3. The molecule has 1 N–H and O–H groups in total. The van der Waals surface area contributed by atoms with E-state index in [1.54, 1.807) is 19.2 Å². The predicted molar refractivity (Wildman–Crippen MR) is 69.9 cm³/mol. The normalized spacial score (nSPS) is 14.4. The van der Waals surface area contributed by atoms with Crippen LogP contribution in [-0.2, 0) is 0 Å². The average Bonchev–Trinajstić information content (AvgIpc) is 3.15. The number of nitrogens with one attached hydrogen (secondary N) is 1. The van der Waals surface area contributed by atoms with Crippen LogP contribution in [0.4, 0.5) is 0 Å². The number of rotatable bonds is 6. The first-order valence-electron chi connectivity index (χ1n) is 5.87. The van der Waals surface area contributed by atoms with Gasteiger partial charge in [0.05, 0.1) is 24.8 Å². The van der Waals surface area contributed by atoms with E-state index in [2.05, 4.69) is 5.32 Å². The first-order chi connectivity index (χ1) is 8.65. The van der Waals surface area contributed by atoms with E-state index in [0.717, 1.165) is 12.8 Å². The molecule has 1 aromatic carbocycles. The van der Waals surface area contributed by atoms with Crippen LogP contribution in [0.1, 0.15) is 23.2 Å². The maximum absolute atomic E-state index is 11.8. The van der Waals surface area contributed by atoms with E-state index in [9.17, 15) is 4.79 Å². The number of benzene rings is 1. The lowest BCUT2D eigenvalue weighted by atomic mass is 10.1. The van der Waals surface area contributed by atoms with Crippen LogP contribution < -0.4 is 14.8 Å². The zero-order valence-corrected chi connectivity index (χ0v) is 11.2. The van der Waals surface area contributed by atoms with Crippen LogP contribution in [0.25, 0.3) is 0 Å². The van der Waals surface area contributed by atoms with Crippen molar-refractivity contribution in [1.82, 2.24) is 5.32 Å². The Bertz CT molecular complexity index is 458. The highest BCUT2D eigenvalue weighted by molar-refractivity contribution is 6.32. The molecule has 1 aliphatic carbocycles. The summed E-state index contributed by atoms with van der Waals surface area (Å²) in [5.41, 5.74) is 0.523. The quantitative estimate of drug-likeness (QED) is 0.805. The van der Waals surface area contributed by atoms with E-state index in [-0.39, 0.29) is 18.4 Å². The van der Waals surface area contributed by atoms with Crippen molar-refractivity contribution in [1.29, 1.82) is 0 Å². The van der Waals surface area contributed by atoms with Crippen molar-refractivity contribution < 1.29 is 14.3 Å². The molecule has 98 valence electrons. The van der Waals surface area contributed by atoms with Crippen LogP contribution >= 0.6 is 11.6 Å². The summed E-state index contributed by atoms with van der Waals surface area (Å²) in [6.07, 6.45) is 2.31. The highest BCUT2D eigenvalue weighted by Gasteiger charge is 2.26. The Labute approximate surface area is 111 Å². The Morgan fingerprint density at radius 2 is 2.22 bits per heavy atom. The molecular formula is C13H16ClNO3. The summed E-state index contributed by atoms with van der Waals surface area (Å²) >= 11 is 6.15. The highest BCUT2D eigenvalue weighted by Crippen LogP contribution is 2.40. The van der Waals surface area contributed by atoms with Gasteiger partial charge in [-0.05, 0) is 32.0 Å². The molecule has 2 rings (SSSR count). The Kier molecular flexibility index (Phi) is 4.09. The molecule has 1 aliphatic rings. The monoisotopic (exact) mass is 269 g/mol. The number of hydrogen-bond donors (Lipinski definition) is 1. The van der Waals surface area contributed by atoms with Crippen LogP contribution in [-0.4, -0.2) is 32.6 Å². The van der Waals surface area contributed by atoms with Gasteiger partial charge < -0.3 is 14.8 Å². The predicted octanol–water partition coefficient (Wildman–Crippen LogP) is 2.29. The van der Waals surface area contributed by atoms with Crippen molar-refractivity contribution in [3.8, 4) is 11.5 Å². The third kappa shape index (κ3) is 2.94. The van der Waals surface area contributed by atoms with Gasteiger partial charge in [0.2, 0.25) is 0 Å². The van der Waals surface area contributed by atoms with Gasteiger partial charge in [-0.25, -0.2) is 0 Å². The van der Waals surface area contributed by atoms with Crippen LogP contribution in [0.15, 0.2) is 12.1 Å². The van der Waals surface area contributed by atoms with Gasteiger partial charge in [0, 0.05) is 5.56 Å². The number of carbonyl (C=O) groups is 1. The smallest absolute Gasteiger partial charge is 0.180 e. The molecule has 5 heteroatoms. The molecule has 0 amide bonds. The minimum absolute atomic E-state index is 0.0318. The van der Waals surface area contributed by atoms with Crippen LogP contribution in [0.3, 0.4) is 0 Å². The van der Waals surface area contributed by atoms with Gasteiger partial charge in [-0.3, -0.25) is 4.79 Å². The molecule has 0 unspecified atom stereocenters. The number of hydrogen-bond acceptors (Lipinski definition) is 4. The van der Waals surface area contributed by atoms with Crippen LogP contribution in [0.5, 0.6) is 11.5 Å². The summed E-state index contributed by atoms with van der Waals surface area (Å²) in [6.45, 7) is 0.266. The minimum atomic E-state index is -0.0318. The van der Waals surface area contributed by atoms with E-state index in [4.69, 9.17) is 21.1 Å². The lowest BCUT2D eigenvalue weighted by Gasteiger charge is -2.13. The summed E-state index contributed by atoms with van der Waals surface area (Å²) in [5.74, 6) is 1.01. The van der Waals surface area contributed by atoms with E-state index in [1.807, 2.05) is 0 Å². The summed E-state index contributed by atoms with van der Waals surface area (Å²) in [7, 11) is 3.26. The summed E-state index contributed by atoms with van der Waals surface area (Å²) in [5, 5.41) is 3.23. The van der Waals surface area contributed by atoms with Crippen LogP contribution in [0.2, 0.25) is 5.02 Å². The number of methoxy groups -OCH3 is 1. The van der Waals surface area contributed by atoms with Gasteiger partial charge in [-0.1, -0.05) is 11.6 Å². The molecule has 18 heavy (non-hydrogen) atoms. The molecule has 0 atom stereocenters. The number of Topliss-reactive ketones (excluding diaryl/α,β-unsaturated/α-hetero) is 1. The average molecular weight is 270 g/mol. The topological polar surface area (TPSA) is 47.6 Å². The zero-order chi connectivity index (χ0) is 13.1. The van der Waals surface area contributed by atoms with Crippen molar-refractivity contribution in [2.24, 2.45) is 0 Å². The fourth-order valence-electron chi connectivity index (χ4n) is 1.61. The molecule has 1 fully saturated rings. The van der Waals surface area contributed by atoms with Gasteiger partial charge in [0.25, 0.3) is 0 Å². The van der Waals surface area contributed by atoms with E-state index in [0.29, 0.717) is 22.1 Å². The molecule has 0 bridgehead atoms. The fourth-order valence-corrected chi connectivity index (χ4v) is 1.87. The van der Waals surface area contributed by atoms with Crippen molar-refractivity contribution in [2.45, 2.75) is 18.9 Å². The molecule has 0 radical (unpaired) electrons. The second-order valence-electron chi connectivity index (χ2n) is 4.26. The first kappa shape index (κ1) is 13.2. The van der Waals surface area contributed by atoms with Crippen molar-refractivity contribution in [3.05, 3.63) is 22.7 Å². The minimum Gasteiger partial charge on any atom is -0.493 e. The van der Waals surface area contributed by atoms with Crippen LogP contribution in [0, 0.1) is 0 Å². The molecule has 1 aromatic rings. The number of ether oxygens (including phenoxy) is 2. The van der Waals surface area contributed by atoms with Gasteiger partial charge in [0.15, 0.2) is 17.3 Å². The second-order valence-corrected chi connectivity index (χ2v) is 4.67. The number of likely N-dealkylation sites (N-methyl/N-ethyl adjacent to an activating group) is 1. The van der Waals surface area contributed by atoms with E-state index in [1.165, 1.54) is 7.11 Å². The van der Waals surface area contributed by atoms with Gasteiger partial charge >= 0.3 is 0 Å². The van der Waals surface area contributed by atoms with Crippen molar-refractivity contribution in [2.75, 3.05) is 20.7 Å². The SMILES string of the molecule is CNCC(=O)c1cc(Cl)c(OC2CC2)c(OC)c1. The number of halogens is 1. The van der Waals surface area contributed by atoms with Gasteiger partial charge in [0.1, 0.15) is 0 Å². The van der Waals surface area contributed by atoms with E-state index >= 15 is 0 Å². The maximum atomic E-state index is 11.8. The summed E-state index contributed by atoms with van der Waals surface area (Å²) in [6, 6.07) is 3.30. The molecule has 1 saturated carbocycles. The second kappa shape index (κ2) is 5.59. The molecule has 4 nitrogen and oxygen atoms in total. The zero-order valence-electron chi connectivity index (χ0n) is 10.5. The Hall–Kier alpha value is -1.26. The van der Waals surface area contributed by atoms with Crippen molar-refractivity contribution in [3.63, 3.8) is 0 Å². The Morgan fingerprint density at radius 1 is 1.50 bits per heavy atom. The Balaban J connectivity index is 2.29. The number of ketones is 1. The molecular weight excluding hydrogens is 254 g/mol. The molecule has 0 spiro atoms. The van der Waals surface area contributed by atoms with Crippen molar-refractivity contribution >= 4 is 17.4 Å². The summed E-state index contributed by atoms with van der Waals surface area (Å²) in [4.78, 5) is 11.8. The first-order valence-corrected chi connectivity index (χ1v) is 6.25. The third-order valence-electron chi connectivity index (χ3n) is 2.70. The third-order valence-corrected chi connectivity index (χ3v) is 2.98. The molecule has 0 saturated heterocycles. The fraction of sp³-hybridized carbons (Fsp3) is 0.462.